The maximum atomic E-state index is 13.0. The van der Waals surface area contributed by atoms with Gasteiger partial charge in [-0.1, -0.05) is 30.3 Å². The lowest BCUT2D eigenvalue weighted by Crippen LogP contribution is -2.54. The van der Waals surface area contributed by atoms with E-state index in [0.717, 1.165) is 37.2 Å². The first-order valence-electron chi connectivity index (χ1n) is 12.0. The highest BCUT2D eigenvalue weighted by molar-refractivity contribution is 7.91. The molecule has 2 amide bonds. The lowest BCUT2D eigenvalue weighted by atomic mass is 9.69. The Morgan fingerprint density at radius 1 is 0.971 bits per heavy atom. The normalized spacial score (nSPS) is 29.0. The molecule has 3 heterocycles. The molecular formula is C25H33N5O3S. The minimum absolute atomic E-state index is 0.0181. The summed E-state index contributed by atoms with van der Waals surface area (Å²) in [5, 5.41) is 3.30. The van der Waals surface area contributed by atoms with Gasteiger partial charge >= 0.3 is 6.03 Å². The number of carbonyl (C=O) groups excluding carboxylic acids is 1. The van der Waals surface area contributed by atoms with E-state index in [-0.39, 0.29) is 28.6 Å². The van der Waals surface area contributed by atoms with Gasteiger partial charge in [0.15, 0.2) is 9.84 Å². The van der Waals surface area contributed by atoms with E-state index in [0.29, 0.717) is 19.6 Å². The average Bonchev–Trinajstić information content (AvgIpc) is 3.16. The lowest BCUT2D eigenvalue weighted by molar-refractivity contribution is 0.0658. The Hall–Kier alpha value is -2.65. The summed E-state index contributed by atoms with van der Waals surface area (Å²) >= 11 is 0. The van der Waals surface area contributed by atoms with Gasteiger partial charge in [-0.15, -0.1) is 0 Å². The number of sulfone groups is 1. The number of hydrogen-bond donors (Lipinski definition) is 1. The first-order valence-corrected chi connectivity index (χ1v) is 13.8. The zero-order valence-electron chi connectivity index (χ0n) is 19.9. The number of anilines is 2. The van der Waals surface area contributed by atoms with Crippen molar-refractivity contribution in [2.24, 2.45) is 0 Å². The van der Waals surface area contributed by atoms with E-state index >= 15 is 0 Å². The molecule has 9 heteroatoms. The predicted octanol–water partition coefficient (Wildman–Crippen LogP) is 2.62. The van der Waals surface area contributed by atoms with E-state index < -0.39 is 9.84 Å². The van der Waals surface area contributed by atoms with Crippen molar-refractivity contribution >= 4 is 27.4 Å². The average molecular weight is 484 g/mol. The molecule has 8 nitrogen and oxygen atoms in total. The predicted molar refractivity (Wildman–Crippen MR) is 134 cm³/mol. The van der Waals surface area contributed by atoms with Gasteiger partial charge in [0.2, 0.25) is 0 Å². The molecule has 2 saturated heterocycles. The summed E-state index contributed by atoms with van der Waals surface area (Å²) < 4.78 is 23.4. The lowest BCUT2D eigenvalue weighted by Gasteiger charge is -2.48. The van der Waals surface area contributed by atoms with E-state index in [1.165, 1.54) is 5.56 Å². The monoisotopic (exact) mass is 483 g/mol. The third-order valence-electron chi connectivity index (χ3n) is 7.99. The van der Waals surface area contributed by atoms with Gasteiger partial charge in [0.25, 0.3) is 0 Å². The van der Waals surface area contributed by atoms with Gasteiger partial charge in [0.1, 0.15) is 5.82 Å². The highest BCUT2D eigenvalue weighted by atomic mass is 32.2. The van der Waals surface area contributed by atoms with Gasteiger partial charge in [0, 0.05) is 18.6 Å². The number of nitrogens with zero attached hydrogens (tertiary/aromatic N) is 4. The topological polar surface area (TPSA) is 85.8 Å². The number of amides is 2. The van der Waals surface area contributed by atoms with Crippen LogP contribution in [-0.2, 0) is 15.4 Å². The molecule has 1 aliphatic carbocycles. The highest BCUT2D eigenvalue weighted by Gasteiger charge is 2.50. The molecule has 3 aliphatic rings. The summed E-state index contributed by atoms with van der Waals surface area (Å²) in [7, 11) is 1.36. The fourth-order valence-corrected chi connectivity index (χ4v) is 6.95. The molecule has 5 rings (SSSR count). The smallest absolute Gasteiger partial charge is 0.322 e. The number of rotatable bonds is 4. The molecule has 1 aromatic heterocycles. The van der Waals surface area contributed by atoms with E-state index in [9.17, 15) is 13.2 Å². The van der Waals surface area contributed by atoms with Crippen LogP contribution in [0.25, 0.3) is 0 Å². The third-order valence-corrected chi connectivity index (χ3v) is 9.60. The van der Waals surface area contributed by atoms with Crippen LogP contribution in [0, 0.1) is 0 Å². The van der Waals surface area contributed by atoms with E-state index in [1.807, 2.05) is 17.0 Å². The van der Waals surface area contributed by atoms with Crippen molar-refractivity contribution in [3.63, 3.8) is 0 Å². The van der Waals surface area contributed by atoms with Crippen LogP contribution in [0.4, 0.5) is 16.3 Å². The maximum absolute atomic E-state index is 13.0. The van der Waals surface area contributed by atoms with Crippen molar-refractivity contribution in [2.45, 2.75) is 36.8 Å². The van der Waals surface area contributed by atoms with Crippen LogP contribution >= 0.6 is 0 Å². The molecular weight excluding hydrogens is 450 g/mol. The van der Waals surface area contributed by atoms with Crippen LogP contribution in [0.2, 0.25) is 0 Å². The Balaban J connectivity index is 1.28. The van der Waals surface area contributed by atoms with E-state index in [2.05, 4.69) is 59.6 Å². The number of hydrogen-bond acceptors (Lipinski definition) is 6. The fraction of sp³-hybridized carbons (Fsp3) is 0.520. The van der Waals surface area contributed by atoms with Crippen LogP contribution < -0.4 is 15.1 Å². The van der Waals surface area contributed by atoms with Gasteiger partial charge in [-0.2, -0.15) is 0 Å². The number of pyridine rings is 1. The van der Waals surface area contributed by atoms with Crippen molar-refractivity contribution in [3.05, 3.63) is 54.2 Å². The molecule has 0 atom stereocenters. The van der Waals surface area contributed by atoms with Crippen molar-refractivity contribution in [1.29, 1.82) is 0 Å². The van der Waals surface area contributed by atoms with Crippen molar-refractivity contribution in [2.75, 3.05) is 55.0 Å². The molecule has 2 aromatic rings. The van der Waals surface area contributed by atoms with Gasteiger partial charge in [-0.25, -0.2) is 18.2 Å². The zero-order chi connectivity index (χ0) is 24.0. The Morgan fingerprint density at radius 2 is 1.65 bits per heavy atom. The second-order valence-electron chi connectivity index (χ2n) is 10.1. The van der Waals surface area contributed by atoms with Crippen molar-refractivity contribution in [3.8, 4) is 0 Å². The van der Waals surface area contributed by atoms with E-state index in [1.54, 1.807) is 11.1 Å². The Bertz CT molecular complexity index is 1130. The SMILES string of the molecule is CN(C)C1(c2ccccc2)CCC2(CC1)CN(c1ccc(N3CCS(=O)(=O)CC3)nc1)C(=O)N2. The van der Waals surface area contributed by atoms with Crippen molar-refractivity contribution in [1.82, 2.24) is 15.2 Å². The summed E-state index contributed by atoms with van der Waals surface area (Å²) in [5.74, 6) is 1.07. The molecule has 3 fully saturated rings. The summed E-state index contributed by atoms with van der Waals surface area (Å²) in [6.45, 7) is 1.54. The Morgan fingerprint density at radius 3 is 2.24 bits per heavy atom. The largest absolute Gasteiger partial charge is 0.355 e. The molecule has 34 heavy (non-hydrogen) atoms. The van der Waals surface area contributed by atoms with Gasteiger partial charge in [-0.05, 0) is 57.5 Å². The van der Waals surface area contributed by atoms with Crippen LogP contribution in [-0.4, -0.2) is 75.1 Å². The van der Waals surface area contributed by atoms with E-state index in [4.69, 9.17) is 0 Å². The minimum Gasteiger partial charge on any atom is -0.355 e. The molecule has 182 valence electrons. The second-order valence-corrected chi connectivity index (χ2v) is 12.4. The molecule has 1 aromatic carbocycles. The third kappa shape index (κ3) is 4.15. The van der Waals surface area contributed by atoms with Crippen molar-refractivity contribution < 1.29 is 13.2 Å². The molecule has 2 aliphatic heterocycles. The number of benzene rings is 1. The zero-order valence-corrected chi connectivity index (χ0v) is 20.7. The molecule has 1 saturated carbocycles. The molecule has 0 unspecified atom stereocenters. The summed E-state index contributed by atoms with van der Waals surface area (Å²) in [4.78, 5) is 23.6. The summed E-state index contributed by atoms with van der Waals surface area (Å²) in [6, 6.07) is 14.4. The maximum Gasteiger partial charge on any atom is 0.322 e. The van der Waals surface area contributed by atoms with Gasteiger partial charge in [-0.3, -0.25) is 9.80 Å². The molecule has 1 N–H and O–H groups in total. The van der Waals surface area contributed by atoms with Crippen LogP contribution in [0.5, 0.6) is 0 Å². The van der Waals surface area contributed by atoms with Crippen LogP contribution in [0.15, 0.2) is 48.7 Å². The number of urea groups is 1. The minimum atomic E-state index is -2.93. The second kappa shape index (κ2) is 8.53. The fourth-order valence-electron chi connectivity index (χ4n) is 5.75. The van der Waals surface area contributed by atoms with Crippen LogP contribution in [0.3, 0.4) is 0 Å². The molecule has 0 radical (unpaired) electrons. The number of aromatic nitrogens is 1. The Labute approximate surface area is 201 Å². The summed E-state index contributed by atoms with van der Waals surface area (Å²) in [5.41, 5.74) is 1.86. The van der Waals surface area contributed by atoms with Crippen LogP contribution in [0.1, 0.15) is 31.2 Å². The molecule has 0 bridgehead atoms. The first-order chi connectivity index (χ1) is 16.2. The number of nitrogens with one attached hydrogen (secondary N) is 1. The molecule has 1 spiro atoms. The highest BCUT2D eigenvalue weighted by Crippen LogP contribution is 2.46. The van der Waals surface area contributed by atoms with Gasteiger partial charge in [0.05, 0.1) is 35.5 Å². The van der Waals surface area contributed by atoms with Gasteiger partial charge < -0.3 is 10.2 Å². The summed E-state index contributed by atoms with van der Waals surface area (Å²) in [6.07, 6.45) is 5.51. The number of carbonyl (C=O) groups is 1. The Kier molecular flexibility index (Phi) is 5.80. The standard InChI is InChI=1S/C25H33N5O3S/c1-28(2)25(20-6-4-3-5-7-20)12-10-24(11-13-25)19-30(23(31)27-24)21-8-9-22(26-18-21)29-14-16-34(32,33)17-15-29/h3-9,18H,10-17,19H2,1-2H3,(H,27,31). The first kappa shape index (κ1) is 23.1. The quantitative estimate of drug-likeness (QED) is 0.720.